The molecule has 0 aliphatic heterocycles. The van der Waals surface area contributed by atoms with Crippen molar-refractivity contribution in [3.63, 3.8) is 0 Å². The molecule has 0 bridgehead atoms. The lowest BCUT2D eigenvalue weighted by Gasteiger charge is -2.24. The third-order valence-electron chi connectivity index (χ3n) is 2.51. The Hall–Kier alpha value is -0.0400. The summed E-state index contributed by atoms with van der Waals surface area (Å²) in [6.45, 7) is 4.51. The number of rotatable bonds is 0. The van der Waals surface area contributed by atoms with E-state index in [4.69, 9.17) is 5.73 Å². The van der Waals surface area contributed by atoms with Crippen LogP contribution >= 0.6 is 0 Å². The van der Waals surface area contributed by atoms with Gasteiger partial charge in [0.05, 0.1) is 0 Å². The van der Waals surface area contributed by atoms with Crippen LogP contribution in [0.1, 0.15) is 46.0 Å². The van der Waals surface area contributed by atoms with Gasteiger partial charge in [-0.25, -0.2) is 0 Å². The highest BCUT2D eigenvalue weighted by Gasteiger charge is 2.23. The van der Waals surface area contributed by atoms with E-state index in [1.807, 2.05) is 0 Å². The predicted octanol–water partition coefficient (Wildman–Crippen LogP) is 2.30. The molecular weight excluding hydrogens is 122 g/mol. The van der Waals surface area contributed by atoms with E-state index in [0.717, 1.165) is 5.92 Å². The third-order valence-corrected chi connectivity index (χ3v) is 2.51. The van der Waals surface area contributed by atoms with E-state index in [2.05, 4.69) is 13.8 Å². The molecule has 10 heavy (non-hydrogen) atoms. The van der Waals surface area contributed by atoms with Crippen molar-refractivity contribution in [2.75, 3.05) is 0 Å². The van der Waals surface area contributed by atoms with Crippen molar-refractivity contribution in [3.05, 3.63) is 0 Å². The van der Waals surface area contributed by atoms with Gasteiger partial charge in [-0.2, -0.15) is 0 Å². The van der Waals surface area contributed by atoms with Gasteiger partial charge in [0.1, 0.15) is 0 Å². The second kappa shape index (κ2) is 2.91. The Kier molecular flexibility index (Phi) is 2.35. The number of nitrogens with two attached hydrogens (primary N) is 1. The fraction of sp³-hybridized carbons (Fsp3) is 1.00. The molecular formula is C9H19N. The maximum absolute atomic E-state index is 6.07. The average Bonchev–Trinajstić information content (AvgIpc) is 1.90. The van der Waals surface area contributed by atoms with E-state index >= 15 is 0 Å². The van der Waals surface area contributed by atoms with Crippen LogP contribution in [-0.2, 0) is 0 Å². The minimum atomic E-state index is 0.135. The van der Waals surface area contributed by atoms with Gasteiger partial charge in [0.2, 0.25) is 0 Å². The lowest BCUT2D eigenvalue weighted by Crippen LogP contribution is -2.36. The Bertz CT molecular complexity index is 107. The molecule has 1 aliphatic carbocycles. The summed E-state index contributed by atoms with van der Waals surface area (Å²) in [5.41, 5.74) is 6.20. The van der Waals surface area contributed by atoms with Crippen LogP contribution in [-0.4, -0.2) is 5.54 Å². The van der Waals surface area contributed by atoms with Crippen LogP contribution in [0.4, 0.5) is 0 Å². The second-order valence-electron chi connectivity index (χ2n) is 4.21. The molecule has 0 heterocycles. The van der Waals surface area contributed by atoms with Gasteiger partial charge in [0.15, 0.2) is 0 Å². The van der Waals surface area contributed by atoms with Crippen molar-refractivity contribution >= 4 is 0 Å². The van der Waals surface area contributed by atoms with Crippen molar-refractivity contribution in [2.24, 2.45) is 11.7 Å². The van der Waals surface area contributed by atoms with Gasteiger partial charge in [-0.15, -0.1) is 0 Å². The third kappa shape index (κ3) is 2.30. The van der Waals surface area contributed by atoms with Crippen molar-refractivity contribution in [2.45, 2.75) is 51.5 Å². The Morgan fingerprint density at radius 3 is 2.80 bits per heavy atom. The normalized spacial score (nSPS) is 42.9. The molecule has 0 amide bonds. The second-order valence-corrected chi connectivity index (χ2v) is 4.21. The molecule has 0 aromatic rings. The van der Waals surface area contributed by atoms with Crippen LogP contribution in [0.2, 0.25) is 0 Å². The van der Waals surface area contributed by atoms with E-state index in [0.29, 0.717) is 0 Å². The molecule has 0 radical (unpaired) electrons. The Morgan fingerprint density at radius 2 is 2.10 bits per heavy atom. The van der Waals surface area contributed by atoms with Crippen LogP contribution < -0.4 is 5.73 Å². The molecule has 1 saturated carbocycles. The largest absolute Gasteiger partial charge is 0.325 e. The van der Waals surface area contributed by atoms with Gasteiger partial charge >= 0.3 is 0 Å². The zero-order chi connectivity index (χ0) is 7.61. The van der Waals surface area contributed by atoms with E-state index in [1.165, 1.54) is 32.1 Å². The molecule has 1 nitrogen and oxygen atoms in total. The molecule has 0 spiro atoms. The first-order chi connectivity index (χ1) is 4.60. The van der Waals surface area contributed by atoms with Crippen molar-refractivity contribution in [1.82, 2.24) is 0 Å². The zero-order valence-electron chi connectivity index (χ0n) is 7.19. The Morgan fingerprint density at radius 1 is 1.40 bits per heavy atom. The topological polar surface area (TPSA) is 26.0 Å². The van der Waals surface area contributed by atoms with Gasteiger partial charge in [-0.1, -0.05) is 26.2 Å². The number of hydrogen-bond donors (Lipinski definition) is 1. The molecule has 1 rings (SSSR count). The predicted molar refractivity (Wildman–Crippen MR) is 44.8 cm³/mol. The molecule has 2 N–H and O–H groups in total. The minimum Gasteiger partial charge on any atom is -0.325 e. The molecule has 0 aromatic heterocycles. The highest BCUT2D eigenvalue weighted by Crippen LogP contribution is 2.28. The Labute approximate surface area is 64.0 Å². The molecule has 60 valence electrons. The first-order valence-corrected chi connectivity index (χ1v) is 4.39. The lowest BCUT2D eigenvalue weighted by molar-refractivity contribution is 0.358. The van der Waals surface area contributed by atoms with Gasteiger partial charge in [-0.05, 0) is 25.7 Å². The Balaban J connectivity index is 2.46. The maximum atomic E-state index is 6.07. The summed E-state index contributed by atoms with van der Waals surface area (Å²) in [6.07, 6.45) is 6.53. The summed E-state index contributed by atoms with van der Waals surface area (Å²) >= 11 is 0. The van der Waals surface area contributed by atoms with Crippen molar-refractivity contribution in [3.8, 4) is 0 Å². The van der Waals surface area contributed by atoms with E-state index in [1.54, 1.807) is 0 Å². The van der Waals surface area contributed by atoms with Gasteiger partial charge in [0, 0.05) is 5.54 Å². The molecule has 0 saturated heterocycles. The highest BCUT2D eigenvalue weighted by molar-refractivity contribution is 4.83. The van der Waals surface area contributed by atoms with Crippen LogP contribution in [0.5, 0.6) is 0 Å². The smallest absolute Gasteiger partial charge is 0.0128 e. The van der Waals surface area contributed by atoms with Crippen LogP contribution in [0.3, 0.4) is 0 Å². The van der Waals surface area contributed by atoms with Crippen LogP contribution in [0.15, 0.2) is 0 Å². The average molecular weight is 141 g/mol. The summed E-state index contributed by atoms with van der Waals surface area (Å²) in [5.74, 6) is 0.845. The molecule has 1 unspecified atom stereocenters. The van der Waals surface area contributed by atoms with Crippen molar-refractivity contribution < 1.29 is 0 Å². The molecule has 1 fully saturated rings. The summed E-state index contributed by atoms with van der Waals surface area (Å²) in [7, 11) is 0. The van der Waals surface area contributed by atoms with E-state index in [-0.39, 0.29) is 5.54 Å². The molecule has 1 aliphatic rings. The highest BCUT2D eigenvalue weighted by atomic mass is 14.7. The van der Waals surface area contributed by atoms with Gasteiger partial charge in [-0.3, -0.25) is 0 Å². The molecule has 2 atom stereocenters. The maximum Gasteiger partial charge on any atom is 0.0128 e. The van der Waals surface area contributed by atoms with E-state index in [9.17, 15) is 0 Å². The first kappa shape index (κ1) is 8.06. The van der Waals surface area contributed by atoms with Crippen LogP contribution in [0.25, 0.3) is 0 Å². The van der Waals surface area contributed by atoms with Gasteiger partial charge < -0.3 is 5.73 Å². The standard InChI is InChI=1S/C9H19N/c1-8-5-3-4-6-9(2,10)7-8/h8H,3-7,10H2,1-2H3/t8-,9?/m1/s1. The molecule has 0 aromatic carbocycles. The fourth-order valence-corrected chi connectivity index (χ4v) is 2.02. The summed E-state index contributed by atoms with van der Waals surface area (Å²) in [5, 5.41) is 0. The lowest BCUT2D eigenvalue weighted by atomic mass is 9.90. The quantitative estimate of drug-likeness (QED) is 0.515. The first-order valence-electron chi connectivity index (χ1n) is 4.39. The summed E-state index contributed by atoms with van der Waals surface area (Å²) in [4.78, 5) is 0. The SMILES string of the molecule is C[C@@H]1CCCCC(C)(N)C1. The van der Waals surface area contributed by atoms with E-state index < -0.39 is 0 Å². The van der Waals surface area contributed by atoms with Gasteiger partial charge in [0.25, 0.3) is 0 Å². The van der Waals surface area contributed by atoms with Crippen molar-refractivity contribution in [1.29, 1.82) is 0 Å². The summed E-state index contributed by atoms with van der Waals surface area (Å²) < 4.78 is 0. The summed E-state index contributed by atoms with van der Waals surface area (Å²) in [6, 6.07) is 0. The monoisotopic (exact) mass is 141 g/mol. The minimum absolute atomic E-state index is 0.135. The fourth-order valence-electron chi connectivity index (χ4n) is 2.02. The zero-order valence-corrected chi connectivity index (χ0v) is 7.19. The van der Waals surface area contributed by atoms with Crippen LogP contribution in [0, 0.1) is 5.92 Å². The molecule has 1 heteroatoms. The number of hydrogen-bond acceptors (Lipinski definition) is 1.